The lowest BCUT2D eigenvalue weighted by atomic mass is 10.1. The Bertz CT molecular complexity index is 1170. The summed E-state index contributed by atoms with van der Waals surface area (Å²) in [5.41, 5.74) is 3.48. The van der Waals surface area contributed by atoms with Gasteiger partial charge in [-0.25, -0.2) is 15.1 Å². The van der Waals surface area contributed by atoms with Crippen molar-refractivity contribution in [1.29, 1.82) is 0 Å². The first-order valence-corrected chi connectivity index (χ1v) is 11.4. The van der Waals surface area contributed by atoms with Gasteiger partial charge in [0.2, 0.25) is 0 Å². The van der Waals surface area contributed by atoms with E-state index in [4.69, 9.17) is 9.32 Å². The second kappa shape index (κ2) is 8.55. The quantitative estimate of drug-likeness (QED) is 0.571. The number of nitrogens with one attached hydrogen (secondary N) is 1. The van der Waals surface area contributed by atoms with Gasteiger partial charge in [-0.3, -0.25) is 4.18 Å². The smallest absolute Gasteiger partial charge is 0.333 e. The van der Waals surface area contributed by atoms with E-state index in [9.17, 15) is 8.42 Å². The second-order valence-corrected chi connectivity index (χ2v) is 8.63. The lowest BCUT2D eigenvalue weighted by Crippen LogP contribution is -2.19. The number of anilines is 1. The molecule has 0 radical (unpaired) electrons. The van der Waals surface area contributed by atoms with Gasteiger partial charge in [-0.1, -0.05) is 37.3 Å². The highest BCUT2D eigenvalue weighted by molar-refractivity contribution is 7.84. The third kappa shape index (κ3) is 4.53. The molecule has 0 fully saturated rings. The maximum absolute atomic E-state index is 11.0. The van der Waals surface area contributed by atoms with Crippen LogP contribution in [0, 0.1) is 5.92 Å². The van der Waals surface area contributed by atoms with E-state index in [0.717, 1.165) is 29.7 Å². The molecule has 1 aliphatic rings. The maximum atomic E-state index is 11.0. The Labute approximate surface area is 176 Å². The molecular formula is C21H25N5O3S. The molecule has 3 aromatic rings. The molecule has 3 N–H and O–H groups in total. The second-order valence-electron chi connectivity index (χ2n) is 7.40. The molecule has 8 nitrogen and oxygen atoms in total. The van der Waals surface area contributed by atoms with Crippen molar-refractivity contribution in [2.75, 3.05) is 11.9 Å². The van der Waals surface area contributed by atoms with Crippen LogP contribution >= 0.6 is 0 Å². The zero-order valence-electron chi connectivity index (χ0n) is 16.7. The molecule has 0 aliphatic heterocycles. The van der Waals surface area contributed by atoms with Crippen molar-refractivity contribution in [2.45, 2.75) is 32.2 Å². The Morgan fingerprint density at radius 3 is 2.97 bits per heavy atom. The number of nitrogens with two attached hydrogens (primary N) is 1. The van der Waals surface area contributed by atoms with E-state index in [1.165, 1.54) is 11.1 Å². The van der Waals surface area contributed by atoms with Crippen LogP contribution in [0.3, 0.4) is 0 Å². The van der Waals surface area contributed by atoms with E-state index in [0.29, 0.717) is 6.42 Å². The Morgan fingerprint density at radius 2 is 2.17 bits per heavy atom. The van der Waals surface area contributed by atoms with Gasteiger partial charge in [0, 0.05) is 18.3 Å². The van der Waals surface area contributed by atoms with Crippen LogP contribution in [0.15, 0.2) is 48.9 Å². The molecule has 4 rings (SSSR count). The van der Waals surface area contributed by atoms with E-state index in [1.807, 2.05) is 36.0 Å². The fourth-order valence-corrected chi connectivity index (χ4v) is 4.15. The molecule has 2 aromatic heterocycles. The molecule has 2 atom stereocenters. The highest BCUT2D eigenvalue weighted by Gasteiger charge is 2.23. The molecule has 30 heavy (non-hydrogen) atoms. The third-order valence-electron chi connectivity index (χ3n) is 5.44. The lowest BCUT2D eigenvalue weighted by Gasteiger charge is -2.15. The molecule has 0 unspecified atom stereocenters. The summed E-state index contributed by atoms with van der Waals surface area (Å²) in [5, 5.41) is 9.42. The van der Waals surface area contributed by atoms with Crippen molar-refractivity contribution < 1.29 is 12.6 Å². The SMILES string of the molecule is CC[C@H](/C=C\n1ccc2c(N[C@H]3CCc4ccccc43)ncnc21)COS(N)(=O)=O. The summed E-state index contributed by atoms with van der Waals surface area (Å²) >= 11 is 0. The van der Waals surface area contributed by atoms with Gasteiger partial charge in [0.25, 0.3) is 0 Å². The fraction of sp³-hybridized carbons (Fsp3) is 0.333. The summed E-state index contributed by atoms with van der Waals surface area (Å²) in [5.74, 6) is 0.716. The van der Waals surface area contributed by atoms with Crippen molar-refractivity contribution in [3.05, 3.63) is 60.1 Å². The molecule has 1 aliphatic carbocycles. The molecule has 0 saturated carbocycles. The lowest BCUT2D eigenvalue weighted by molar-refractivity contribution is 0.277. The normalized spacial score (nSPS) is 17.5. The van der Waals surface area contributed by atoms with Gasteiger partial charge in [-0.05, 0) is 36.5 Å². The number of nitrogens with zero attached hydrogens (tertiary/aromatic N) is 3. The summed E-state index contributed by atoms with van der Waals surface area (Å²) in [6.07, 6.45) is 10.0. The van der Waals surface area contributed by atoms with E-state index < -0.39 is 10.3 Å². The predicted octanol–water partition coefficient (Wildman–Crippen LogP) is 3.25. The van der Waals surface area contributed by atoms with Crippen molar-refractivity contribution in [3.8, 4) is 0 Å². The summed E-state index contributed by atoms with van der Waals surface area (Å²) in [7, 11) is -3.94. The summed E-state index contributed by atoms with van der Waals surface area (Å²) < 4.78 is 28.6. The van der Waals surface area contributed by atoms with Crippen LogP contribution in [-0.4, -0.2) is 29.6 Å². The Kier molecular flexibility index (Phi) is 5.85. The van der Waals surface area contributed by atoms with E-state index >= 15 is 0 Å². The van der Waals surface area contributed by atoms with E-state index in [2.05, 4.69) is 39.6 Å². The molecule has 0 saturated heterocycles. The average Bonchev–Trinajstić information content (AvgIpc) is 3.33. The first kappa shape index (κ1) is 20.5. The molecule has 1 aromatic carbocycles. The van der Waals surface area contributed by atoms with Crippen LogP contribution in [-0.2, 0) is 20.9 Å². The number of hydrogen-bond donors (Lipinski definition) is 2. The minimum Gasteiger partial charge on any atom is -0.363 e. The highest BCUT2D eigenvalue weighted by atomic mass is 32.2. The Morgan fingerprint density at radius 1 is 1.33 bits per heavy atom. The summed E-state index contributed by atoms with van der Waals surface area (Å²) in [4.78, 5) is 8.89. The van der Waals surface area contributed by atoms with Crippen LogP contribution in [0.1, 0.15) is 36.9 Å². The minimum absolute atomic E-state index is 0.00785. The Hall–Kier alpha value is -2.75. The topological polar surface area (TPSA) is 112 Å². The average molecular weight is 428 g/mol. The van der Waals surface area contributed by atoms with Gasteiger partial charge in [0.1, 0.15) is 17.8 Å². The van der Waals surface area contributed by atoms with Crippen LogP contribution in [0.2, 0.25) is 0 Å². The number of aromatic nitrogens is 3. The number of fused-ring (bicyclic) bond motifs is 2. The van der Waals surface area contributed by atoms with Gasteiger partial charge in [0.05, 0.1) is 18.0 Å². The number of benzene rings is 1. The van der Waals surface area contributed by atoms with Crippen LogP contribution in [0.4, 0.5) is 5.82 Å². The largest absolute Gasteiger partial charge is 0.363 e. The summed E-state index contributed by atoms with van der Waals surface area (Å²) in [6, 6.07) is 10.7. The molecular weight excluding hydrogens is 402 g/mol. The molecule has 158 valence electrons. The van der Waals surface area contributed by atoms with Gasteiger partial charge in [-0.2, -0.15) is 8.42 Å². The zero-order valence-corrected chi connectivity index (χ0v) is 17.5. The first-order valence-electron chi connectivity index (χ1n) is 9.96. The van der Waals surface area contributed by atoms with Crippen LogP contribution in [0.25, 0.3) is 17.2 Å². The van der Waals surface area contributed by atoms with E-state index in [-0.39, 0.29) is 18.6 Å². The monoisotopic (exact) mass is 427 g/mol. The molecule has 0 spiro atoms. The number of hydrogen-bond acceptors (Lipinski definition) is 6. The van der Waals surface area contributed by atoms with Gasteiger partial charge >= 0.3 is 10.3 Å². The van der Waals surface area contributed by atoms with Crippen LogP contribution < -0.4 is 10.5 Å². The zero-order chi connectivity index (χ0) is 21.1. The summed E-state index contributed by atoms with van der Waals surface area (Å²) in [6.45, 7) is 1.97. The molecule has 0 amide bonds. The number of rotatable bonds is 8. The van der Waals surface area contributed by atoms with Crippen molar-refractivity contribution in [3.63, 3.8) is 0 Å². The minimum atomic E-state index is -3.94. The molecule has 2 heterocycles. The third-order valence-corrected chi connectivity index (χ3v) is 5.91. The Balaban J connectivity index is 1.53. The maximum Gasteiger partial charge on any atom is 0.333 e. The van der Waals surface area contributed by atoms with Gasteiger partial charge < -0.3 is 9.88 Å². The number of aryl methyl sites for hydroxylation is 1. The van der Waals surface area contributed by atoms with Crippen LogP contribution in [0.5, 0.6) is 0 Å². The van der Waals surface area contributed by atoms with E-state index in [1.54, 1.807) is 6.33 Å². The standard InChI is InChI=1S/C21H25N5O3S/c1-2-15(13-29-30(22,27)28)9-11-26-12-10-18-20(23-14-24-21(18)26)25-19-8-7-16-5-3-4-6-17(16)19/h3-6,9-12,14-15,19H,2,7-8,13H2,1H3,(H2,22,27,28)(H,23,24,25)/b11-9-/t15-,19+/m1/s1. The predicted molar refractivity (Wildman–Crippen MR) is 117 cm³/mol. The van der Waals surface area contributed by atoms with Gasteiger partial charge in [0.15, 0.2) is 0 Å². The van der Waals surface area contributed by atoms with Gasteiger partial charge in [-0.15, -0.1) is 0 Å². The first-order chi connectivity index (χ1) is 14.4. The molecule has 0 bridgehead atoms. The van der Waals surface area contributed by atoms with Crippen molar-refractivity contribution in [1.82, 2.24) is 14.5 Å². The molecule has 9 heteroatoms. The van der Waals surface area contributed by atoms with Crippen molar-refractivity contribution >= 4 is 33.4 Å². The van der Waals surface area contributed by atoms with Crippen molar-refractivity contribution in [2.24, 2.45) is 11.1 Å². The fourth-order valence-electron chi connectivity index (χ4n) is 3.78. The highest BCUT2D eigenvalue weighted by Crippen LogP contribution is 2.34.